The van der Waals surface area contributed by atoms with Gasteiger partial charge in [0, 0.05) is 25.3 Å². The van der Waals surface area contributed by atoms with Crippen LogP contribution in [-0.2, 0) is 27.7 Å². The molecule has 1 atom stereocenters. The van der Waals surface area contributed by atoms with Crippen LogP contribution < -0.4 is 9.62 Å². The van der Waals surface area contributed by atoms with Crippen LogP contribution in [0, 0.1) is 5.92 Å². The number of alkyl halides is 3. The normalized spacial score (nSPS) is 19.4. The van der Waals surface area contributed by atoms with Crippen molar-refractivity contribution in [2.45, 2.75) is 62.4 Å². The van der Waals surface area contributed by atoms with Gasteiger partial charge in [0.05, 0.1) is 16.1 Å². The molecule has 13 heteroatoms. The molecule has 9 nitrogen and oxygen atoms in total. The number of aryl methyl sites for hydroxylation is 2. The number of nitrogens with one attached hydrogen (secondary N) is 1. The lowest BCUT2D eigenvalue weighted by molar-refractivity contribution is -0.192. The Bertz CT molecular complexity index is 1390. The highest BCUT2D eigenvalue weighted by Gasteiger charge is 2.38. The van der Waals surface area contributed by atoms with E-state index in [1.54, 1.807) is 24.3 Å². The molecule has 1 aliphatic carbocycles. The maximum atomic E-state index is 13.1. The molecular weight excluding hydrogens is 575 g/mol. The van der Waals surface area contributed by atoms with E-state index in [0.717, 1.165) is 76.8 Å². The van der Waals surface area contributed by atoms with Crippen molar-refractivity contribution in [3.05, 3.63) is 53.1 Å². The van der Waals surface area contributed by atoms with Crippen LogP contribution >= 0.6 is 0 Å². The molecule has 0 radical (unpaired) electrons. The number of fused-ring (bicyclic) bond motifs is 1. The number of rotatable bonds is 7. The summed E-state index contributed by atoms with van der Waals surface area (Å²) in [7, 11) is -3.81. The van der Waals surface area contributed by atoms with Gasteiger partial charge in [-0.25, -0.2) is 18.0 Å². The number of halogens is 3. The van der Waals surface area contributed by atoms with Crippen molar-refractivity contribution >= 4 is 33.3 Å². The van der Waals surface area contributed by atoms with E-state index in [2.05, 4.69) is 14.5 Å². The summed E-state index contributed by atoms with van der Waals surface area (Å²) in [6.45, 7) is 5.04. The molecule has 5 rings (SSSR count). The number of aromatic carboxylic acids is 1. The van der Waals surface area contributed by atoms with Crippen LogP contribution in [-0.4, -0.2) is 74.4 Å². The predicted octanol–water partition coefficient (Wildman–Crippen LogP) is 5.01. The standard InChI is InChI=1S/C27H35N3O4S.C2HF3O2/c31-27(32)25-17-23(28-35(33,34)24-11-9-21-7-1-2-8-22(21)16-24)10-12-26(25)30-15-5-6-20(19-30)18-29-13-3-4-14-29;3-2(4,5)1(6)7/h9-12,16-17,20,28H,1-8,13-15,18-19H2,(H,31,32);(H,6,7). The first kappa shape index (κ1) is 31.6. The number of carboxylic acids is 2. The molecule has 42 heavy (non-hydrogen) atoms. The summed E-state index contributed by atoms with van der Waals surface area (Å²) in [6.07, 6.45) is 3.73. The van der Waals surface area contributed by atoms with Gasteiger partial charge < -0.3 is 20.0 Å². The smallest absolute Gasteiger partial charge is 0.478 e. The van der Waals surface area contributed by atoms with Crippen molar-refractivity contribution in [1.29, 1.82) is 0 Å². The third-order valence-corrected chi connectivity index (χ3v) is 9.31. The number of sulfonamides is 1. The molecule has 2 saturated heterocycles. The lowest BCUT2D eigenvalue weighted by Crippen LogP contribution is -2.41. The molecule has 2 aromatic carbocycles. The number of carboxylic acid groups (broad SMARTS) is 2. The Labute approximate surface area is 243 Å². The van der Waals surface area contributed by atoms with E-state index in [-0.39, 0.29) is 16.1 Å². The number of likely N-dealkylation sites (tertiary alicyclic amines) is 1. The lowest BCUT2D eigenvalue weighted by atomic mass is 9.92. The van der Waals surface area contributed by atoms with E-state index in [0.29, 0.717) is 11.6 Å². The third kappa shape index (κ3) is 8.15. The fourth-order valence-electron chi connectivity index (χ4n) is 5.90. The van der Waals surface area contributed by atoms with Crippen LogP contribution in [0.5, 0.6) is 0 Å². The van der Waals surface area contributed by atoms with Crippen LogP contribution in [0.4, 0.5) is 24.5 Å². The summed E-state index contributed by atoms with van der Waals surface area (Å²) < 4.78 is 60.5. The highest BCUT2D eigenvalue weighted by molar-refractivity contribution is 7.92. The maximum Gasteiger partial charge on any atom is 0.490 e. The molecule has 0 saturated carbocycles. The van der Waals surface area contributed by atoms with Crippen LogP contribution in [0.25, 0.3) is 0 Å². The number of hydrogen-bond acceptors (Lipinski definition) is 6. The number of nitrogens with zero attached hydrogens (tertiary/aromatic N) is 2. The summed E-state index contributed by atoms with van der Waals surface area (Å²) in [5.74, 6) is -3.28. The number of benzene rings is 2. The third-order valence-electron chi connectivity index (χ3n) is 7.93. The van der Waals surface area contributed by atoms with Crippen molar-refractivity contribution in [3.8, 4) is 0 Å². The molecule has 3 N–H and O–H groups in total. The molecule has 3 aliphatic rings. The zero-order chi connectivity index (χ0) is 30.5. The minimum Gasteiger partial charge on any atom is -0.478 e. The minimum absolute atomic E-state index is 0.137. The number of carbonyl (C=O) groups is 2. The summed E-state index contributed by atoms with van der Waals surface area (Å²) >= 11 is 0. The van der Waals surface area contributed by atoms with Gasteiger partial charge in [0.15, 0.2) is 0 Å². The van der Waals surface area contributed by atoms with E-state index in [4.69, 9.17) is 9.90 Å². The number of anilines is 2. The molecule has 0 amide bonds. The molecule has 1 unspecified atom stereocenters. The van der Waals surface area contributed by atoms with Crippen LogP contribution in [0.2, 0.25) is 0 Å². The molecular formula is C29H36F3N3O6S. The molecule has 2 heterocycles. The summed E-state index contributed by atoms with van der Waals surface area (Å²) in [6, 6.07) is 10.2. The number of aliphatic carboxylic acids is 1. The van der Waals surface area contributed by atoms with Crippen LogP contribution in [0.1, 0.15) is 60.0 Å². The van der Waals surface area contributed by atoms with Gasteiger partial charge in [-0.2, -0.15) is 13.2 Å². The Morgan fingerprint density at radius 2 is 1.57 bits per heavy atom. The van der Waals surface area contributed by atoms with Gasteiger partial charge in [0.2, 0.25) is 0 Å². The van der Waals surface area contributed by atoms with Crippen molar-refractivity contribution in [1.82, 2.24) is 4.90 Å². The molecule has 230 valence electrons. The fourth-order valence-corrected chi connectivity index (χ4v) is 7.00. The first-order chi connectivity index (χ1) is 19.8. The molecule has 0 bridgehead atoms. The topological polar surface area (TPSA) is 127 Å². The van der Waals surface area contributed by atoms with Crippen LogP contribution in [0.15, 0.2) is 41.3 Å². The van der Waals surface area contributed by atoms with E-state index in [1.165, 1.54) is 24.5 Å². The molecule has 2 aliphatic heterocycles. The second-order valence-electron chi connectivity index (χ2n) is 11.0. The quantitative estimate of drug-likeness (QED) is 0.399. The van der Waals surface area contributed by atoms with Gasteiger partial charge >= 0.3 is 18.1 Å². The number of piperidine rings is 1. The van der Waals surface area contributed by atoms with Gasteiger partial charge in [-0.15, -0.1) is 0 Å². The van der Waals surface area contributed by atoms with E-state index in [1.807, 2.05) is 6.07 Å². The minimum atomic E-state index is -5.08. The zero-order valence-electron chi connectivity index (χ0n) is 23.2. The van der Waals surface area contributed by atoms with Gasteiger partial charge in [0.25, 0.3) is 10.0 Å². The van der Waals surface area contributed by atoms with Crippen LogP contribution in [0.3, 0.4) is 0 Å². The van der Waals surface area contributed by atoms with Crippen molar-refractivity contribution in [2.24, 2.45) is 5.92 Å². The van der Waals surface area contributed by atoms with Crippen molar-refractivity contribution < 1.29 is 41.4 Å². The largest absolute Gasteiger partial charge is 0.490 e. The highest BCUT2D eigenvalue weighted by Crippen LogP contribution is 2.31. The first-order valence-electron chi connectivity index (χ1n) is 14.1. The lowest BCUT2D eigenvalue weighted by Gasteiger charge is -2.36. The Morgan fingerprint density at radius 1 is 0.905 bits per heavy atom. The molecule has 2 fully saturated rings. The van der Waals surface area contributed by atoms with Gasteiger partial charge in [-0.1, -0.05) is 6.07 Å². The maximum absolute atomic E-state index is 13.1. The van der Waals surface area contributed by atoms with E-state index >= 15 is 0 Å². The monoisotopic (exact) mass is 611 g/mol. The Hall–Kier alpha value is -3.32. The second-order valence-corrected chi connectivity index (χ2v) is 12.7. The molecule has 0 aromatic heterocycles. The zero-order valence-corrected chi connectivity index (χ0v) is 24.0. The average Bonchev–Trinajstić information content (AvgIpc) is 3.45. The molecule has 2 aromatic rings. The Balaban J connectivity index is 0.000000517. The van der Waals surface area contributed by atoms with E-state index < -0.39 is 28.1 Å². The Morgan fingerprint density at radius 3 is 2.21 bits per heavy atom. The van der Waals surface area contributed by atoms with Crippen molar-refractivity contribution in [3.63, 3.8) is 0 Å². The number of hydrogen-bond donors (Lipinski definition) is 3. The summed E-state index contributed by atoms with van der Waals surface area (Å²) in [5.41, 5.74) is 3.39. The highest BCUT2D eigenvalue weighted by atomic mass is 32.2. The summed E-state index contributed by atoms with van der Waals surface area (Å²) in [5, 5.41) is 17.1. The van der Waals surface area contributed by atoms with Gasteiger partial charge in [-0.05, 0) is 112 Å². The second kappa shape index (κ2) is 13.3. The van der Waals surface area contributed by atoms with E-state index in [9.17, 15) is 31.5 Å². The first-order valence-corrected chi connectivity index (χ1v) is 15.6. The SMILES string of the molecule is O=C(O)C(F)(F)F.O=C(O)c1cc(NS(=O)(=O)c2ccc3c(c2)CCCC3)ccc1N1CCCC(CN2CCCC2)C1. The van der Waals surface area contributed by atoms with Gasteiger partial charge in [-0.3, -0.25) is 4.72 Å². The average molecular weight is 612 g/mol. The predicted molar refractivity (Wildman–Crippen MR) is 152 cm³/mol. The van der Waals surface area contributed by atoms with Crippen molar-refractivity contribution in [2.75, 3.05) is 42.3 Å². The van der Waals surface area contributed by atoms with Gasteiger partial charge in [0.1, 0.15) is 0 Å². The fraction of sp³-hybridized carbons (Fsp3) is 0.517. The summed E-state index contributed by atoms with van der Waals surface area (Å²) in [4.78, 5) is 26.0. The molecule has 0 spiro atoms. The Kier molecular flexibility index (Phi) is 10.0.